The van der Waals surface area contributed by atoms with Crippen LogP contribution in [-0.4, -0.2) is 36.5 Å². The molecule has 0 atom stereocenters. The number of nitrogens with one attached hydrogen (secondary N) is 3. The Morgan fingerprint density at radius 1 is 1.23 bits per heavy atom. The van der Waals surface area contributed by atoms with E-state index < -0.39 is 0 Å². The second-order valence-corrected chi connectivity index (χ2v) is 6.35. The maximum atomic E-state index is 12.1. The predicted molar refractivity (Wildman–Crippen MR) is 133 cm³/mol. The molecule has 0 bridgehead atoms. The minimum absolute atomic E-state index is 0. The molecule has 8 heteroatoms. The maximum absolute atomic E-state index is 12.1. The summed E-state index contributed by atoms with van der Waals surface area (Å²) >= 11 is 0. The van der Waals surface area contributed by atoms with Gasteiger partial charge in [0.1, 0.15) is 18.2 Å². The summed E-state index contributed by atoms with van der Waals surface area (Å²) in [7, 11) is 0. The molecule has 0 aliphatic carbocycles. The molecule has 0 unspecified atom stereocenters. The van der Waals surface area contributed by atoms with E-state index in [4.69, 9.17) is 4.74 Å². The lowest BCUT2D eigenvalue weighted by atomic mass is 10.2. The molecule has 0 radical (unpaired) electrons. The fourth-order valence-electron chi connectivity index (χ4n) is 2.47. The molecule has 0 saturated heterocycles. The first-order valence-electron chi connectivity index (χ1n) is 9.68. The van der Waals surface area contributed by atoms with Crippen molar-refractivity contribution >= 4 is 41.7 Å². The van der Waals surface area contributed by atoms with Crippen LogP contribution in [0.2, 0.25) is 0 Å². The van der Waals surface area contributed by atoms with Crippen molar-refractivity contribution in [3.63, 3.8) is 0 Å². The van der Waals surface area contributed by atoms with E-state index in [0.29, 0.717) is 37.9 Å². The maximum Gasteiger partial charge on any atom is 0.227 e. The molecule has 2 aromatic rings. The minimum atomic E-state index is -0.104. The number of rotatable bonds is 10. The Labute approximate surface area is 195 Å². The molecule has 0 aliphatic rings. The number of aliphatic imine (C=N–C) groups is 1. The van der Waals surface area contributed by atoms with E-state index in [-0.39, 0.29) is 29.9 Å². The van der Waals surface area contributed by atoms with Crippen LogP contribution in [0.5, 0.6) is 5.75 Å². The molecule has 0 spiro atoms. The zero-order valence-corrected chi connectivity index (χ0v) is 19.8. The molecule has 1 aromatic heterocycles. The highest BCUT2D eigenvalue weighted by molar-refractivity contribution is 14.0. The van der Waals surface area contributed by atoms with Gasteiger partial charge in [-0.2, -0.15) is 0 Å². The van der Waals surface area contributed by atoms with Crippen LogP contribution < -0.4 is 20.7 Å². The van der Waals surface area contributed by atoms with Gasteiger partial charge in [-0.05, 0) is 31.5 Å². The zero-order chi connectivity index (χ0) is 20.9. The van der Waals surface area contributed by atoms with E-state index in [1.807, 2.05) is 44.2 Å². The first kappa shape index (κ1) is 25.4. The van der Waals surface area contributed by atoms with Gasteiger partial charge in [0, 0.05) is 31.3 Å². The Hall–Kier alpha value is -2.62. The lowest BCUT2D eigenvalue weighted by Crippen LogP contribution is -2.38. The van der Waals surface area contributed by atoms with E-state index in [1.165, 1.54) is 0 Å². The molecule has 0 fully saturated rings. The van der Waals surface area contributed by atoms with Gasteiger partial charge in [0.2, 0.25) is 5.91 Å². The van der Waals surface area contributed by atoms with E-state index >= 15 is 0 Å². The number of guanidine groups is 1. The highest BCUT2D eigenvalue weighted by Gasteiger charge is 2.06. The summed E-state index contributed by atoms with van der Waals surface area (Å²) in [6.07, 6.45) is 3.74. The van der Waals surface area contributed by atoms with Crippen LogP contribution in [0, 0.1) is 6.92 Å². The molecular weight excluding hydrogens is 493 g/mol. The lowest BCUT2D eigenvalue weighted by Gasteiger charge is -2.12. The second-order valence-electron chi connectivity index (χ2n) is 6.35. The molecule has 1 aromatic carbocycles. The summed E-state index contributed by atoms with van der Waals surface area (Å²) in [4.78, 5) is 20.8. The van der Waals surface area contributed by atoms with Crippen molar-refractivity contribution in [2.75, 3.05) is 25.0 Å². The largest absolute Gasteiger partial charge is 0.489 e. The topological polar surface area (TPSA) is 87.6 Å². The average Bonchev–Trinajstić information content (AvgIpc) is 2.72. The number of ether oxygens (including phenoxy) is 1. The van der Waals surface area contributed by atoms with Crippen LogP contribution in [0.3, 0.4) is 0 Å². The third-order valence-electron chi connectivity index (χ3n) is 3.90. The Balaban J connectivity index is 0.00000450. The monoisotopic (exact) mass is 523 g/mol. The van der Waals surface area contributed by atoms with Gasteiger partial charge in [-0.3, -0.25) is 4.79 Å². The number of halogens is 1. The van der Waals surface area contributed by atoms with E-state index in [1.54, 1.807) is 18.3 Å². The highest BCUT2D eigenvalue weighted by Crippen LogP contribution is 2.18. The molecule has 1 amide bonds. The summed E-state index contributed by atoms with van der Waals surface area (Å²) in [5.41, 5.74) is 2.03. The van der Waals surface area contributed by atoms with Crippen LogP contribution >= 0.6 is 24.0 Å². The Morgan fingerprint density at radius 2 is 2.03 bits per heavy atom. The van der Waals surface area contributed by atoms with Crippen LogP contribution in [0.4, 0.5) is 5.82 Å². The number of hydrogen-bond acceptors (Lipinski definition) is 4. The molecule has 7 nitrogen and oxygen atoms in total. The van der Waals surface area contributed by atoms with Gasteiger partial charge in [0.05, 0.1) is 6.54 Å². The summed E-state index contributed by atoms with van der Waals surface area (Å²) < 4.78 is 5.67. The van der Waals surface area contributed by atoms with E-state index in [9.17, 15) is 4.79 Å². The summed E-state index contributed by atoms with van der Waals surface area (Å²) in [5.74, 6) is 1.88. The number of amides is 1. The van der Waals surface area contributed by atoms with E-state index in [0.717, 1.165) is 23.4 Å². The number of carbonyl (C=O) groups is 1. The van der Waals surface area contributed by atoms with Crippen molar-refractivity contribution in [1.82, 2.24) is 15.6 Å². The second kappa shape index (κ2) is 14.4. The molecule has 0 saturated carbocycles. The van der Waals surface area contributed by atoms with Crippen molar-refractivity contribution < 1.29 is 9.53 Å². The number of nitrogens with zero attached hydrogens (tertiary/aromatic N) is 2. The van der Waals surface area contributed by atoms with Gasteiger partial charge in [-0.15, -0.1) is 24.0 Å². The molecule has 0 aliphatic heterocycles. The van der Waals surface area contributed by atoms with Crippen molar-refractivity contribution in [2.24, 2.45) is 4.99 Å². The number of hydrogen-bond donors (Lipinski definition) is 3. The predicted octanol–water partition coefficient (Wildman–Crippen LogP) is 3.66. The molecule has 30 heavy (non-hydrogen) atoms. The van der Waals surface area contributed by atoms with Gasteiger partial charge < -0.3 is 20.7 Å². The Kier molecular flexibility index (Phi) is 12.2. The van der Waals surface area contributed by atoms with Gasteiger partial charge in [0.25, 0.3) is 0 Å². The fourth-order valence-corrected chi connectivity index (χ4v) is 2.47. The Morgan fingerprint density at radius 3 is 2.73 bits per heavy atom. The van der Waals surface area contributed by atoms with Crippen molar-refractivity contribution in [3.8, 4) is 5.75 Å². The first-order chi connectivity index (χ1) is 14.1. The summed E-state index contributed by atoms with van der Waals surface area (Å²) in [6, 6.07) is 11.5. The number of carbonyl (C=O) groups excluding carboxylic acids is 1. The fraction of sp³-hybridized carbons (Fsp3) is 0.318. The van der Waals surface area contributed by atoms with Crippen molar-refractivity contribution in [3.05, 3.63) is 66.4 Å². The number of benzene rings is 1. The normalized spacial score (nSPS) is 10.5. The average molecular weight is 523 g/mol. The number of aromatic nitrogens is 1. The summed E-state index contributed by atoms with van der Waals surface area (Å²) in [6.45, 7) is 9.71. The molecule has 2 rings (SSSR count). The highest BCUT2D eigenvalue weighted by atomic mass is 127. The Bertz CT molecular complexity index is 825. The smallest absolute Gasteiger partial charge is 0.227 e. The molecular formula is C22H30IN5O2. The lowest BCUT2D eigenvalue weighted by molar-refractivity contribution is -0.116. The van der Waals surface area contributed by atoms with Crippen LogP contribution in [-0.2, 0) is 11.3 Å². The van der Waals surface area contributed by atoms with Gasteiger partial charge >= 0.3 is 0 Å². The van der Waals surface area contributed by atoms with Gasteiger partial charge in [0.15, 0.2) is 5.96 Å². The number of anilines is 1. The third-order valence-corrected chi connectivity index (χ3v) is 3.90. The quantitative estimate of drug-likeness (QED) is 0.192. The molecule has 162 valence electrons. The van der Waals surface area contributed by atoms with Crippen LogP contribution in [0.25, 0.3) is 0 Å². The number of pyridine rings is 1. The zero-order valence-electron chi connectivity index (χ0n) is 17.5. The number of aryl methyl sites for hydroxylation is 1. The standard InChI is InChI=1S/C22H29N5O2.HI/c1-4-14-29-19-9-7-6-8-18(19)16-26-22(23-5-2)24-13-12-21(28)27-20-11-10-17(3)15-25-20;/h4,6-11,15H,1,5,12-14,16H2,2-3H3,(H2,23,24,26)(H,25,27,28);1H. The third kappa shape index (κ3) is 9.25. The van der Waals surface area contributed by atoms with E-state index in [2.05, 4.69) is 32.5 Å². The van der Waals surface area contributed by atoms with Crippen molar-refractivity contribution in [1.29, 1.82) is 0 Å². The minimum Gasteiger partial charge on any atom is -0.489 e. The first-order valence-corrected chi connectivity index (χ1v) is 9.68. The van der Waals surface area contributed by atoms with Crippen molar-refractivity contribution in [2.45, 2.75) is 26.8 Å². The van der Waals surface area contributed by atoms with Gasteiger partial charge in [-0.25, -0.2) is 9.98 Å². The summed E-state index contributed by atoms with van der Waals surface area (Å²) in [5, 5.41) is 9.15. The van der Waals surface area contributed by atoms with Gasteiger partial charge in [-0.1, -0.05) is 36.9 Å². The molecule has 3 N–H and O–H groups in total. The molecule has 1 heterocycles. The number of para-hydroxylation sites is 1. The van der Waals surface area contributed by atoms with Crippen LogP contribution in [0.1, 0.15) is 24.5 Å². The van der Waals surface area contributed by atoms with Crippen LogP contribution in [0.15, 0.2) is 60.2 Å². The SMILES string of the molecule is C=CCOc1ccccc1CN=C(NCC)NCCC(=O)Nc1ccc(C)cn1.I.